The van der Waals surface area contributed by atoms with Gasteiger partial charge in [-0.3, -0.25) is 4.79 Å². The van der Waals surface area contributed by atoms with Crippen LogP contribution in [0.5, 0.6) is 5.75 Å². The van der Waals surface area contributed by atoms with Crippen molar-refractivity contribution in [3.05, 3.63) is 40.9 Å². The highest BCUT2D eigenvalue weighted by Gasteiger charge is 2.20. The zero-order valence-corrected chi connectivity index (χ0v) is 14.1. The number of hydrogen-bond acceptors (Lipinski definition) is 3. The highest BCUT2D eigenvalue weighted by Crippen LogP contribution is 2.24. The fraction of sp³-hybridized carbons (Fsp3) is 0.412. The van der Waals surface area contributed by atoms with Crippen LogP contribution >= 0.6 is 15.9 Å². The van der Waals surface area contributed by atoms with Crippen LogP contribution in [0.4, 0.5) is 0 Å². The van der Waals surface area contributed by atoms with E-state index in [1.54, 1.807) is 12.3 Å². The molecule has 0 atom stereocenters. The molecule has 0 bridgehead atoms. The van der Waals surface area contributed by atoms with Crippen molar-refractivity contribution in [2.24, 2.45) is 11.0 Å². The first-order valence-corrected chi connectivity index (χ1v) is 8.36. The summed E-state index contributed by atoms with van der Waals surface area (Å²) in [7, 11) is 0. The average molecular weight is 365 g/mol. The van der Waals surface area contributed by atoms with Gasteiger partial charge in [-0.2, -0.15) is 5.10 Å². The molecular formula is C17H21BrN2O2. The lowest BCUT2D eigenvalue weighted by atomic mass is 9.89. The molecule has 22 heavy (non-hydrogen) atoms. The summed E-state index contributed by atoms with van der Waals surface area (Å²) >= 11 is 3.42. The largest absolute Gasteiger partial charge is 0.489 e. The van der Waals surface area contributed by atoms with Crippen LogP contribution in [0.1, 0.15) is 37.7 Å². The molecule has 0 unspecified atom stereocenters. The summed E-state index contributed by atoms with van der Waals surface area (Å²) in [4.78, 5) is 12.0. The number of halogens is 1. The highest BCUT2D eigenvalue weighted by molar-refractivity contribution is 9.10. The molecule has 0 heterocycles. The van der Waals surface area contributed by atoms with Crippen LogP contribution in [0.15, 0.2) is 40.4 Å². The van der Waals surface area contributed by atoms with E-state index >= 15 is 0 Å². The topological polar surface area (TPSA) is 50.7 Å². The van der Waals surface area contributed by atoms with Gasteiger partial charge in [-0.05, 0) is 31.0 Å². The lowest BCUT2D eigenvalue weighted by Gasteiger charge is -2.19. The number of carbonyl (C=O) groups excluding carboxylic acids is 1. The molecule has 1 N–H and O–H groups in total. The van der Waals surface area contributed by atoms with E-state index in [1.165, 1.54) is 6.42 Å². The molecule has 118 valence electrons. The zero-order valence-electron chi connectivity index (χ0n) is 12.6. The van der Waals surface area contributed by atoms with Gasteiger partial charge in [-0.1, -0.05) is 47.8 Å². The minimum absolute atomic E-state index is 0.0134. The Kier molecular flexibility index (Phi) is 6.65. The summed E-state index contributed by atoms with van der Waals surface area (Å²) in [5, 5.41) is 4.08. The Balaban J connectivity index is 1.97. The van der Waals surface area contributed by atoms with Crippen molar-refractivity contribution in [3.63, 3.8) is 0 Å². The zero-order chi connectivity index (χ0) is 15.8. The van der Waals surface area contributed by atoms with Crippen LogP contribution in [-0.2, 0) is 4.79 Å². The molecule has 1 saturated carbocycles. The molecule has 0 saturated heterocycles. The molecule has 1 amide bonds. The molecule has 1 aliphatic carbocycles. The molecule has 1 aliphatic rings. The van der Waals surface area contributed by atoms with Gasteiger partial charge < -0.3 is 4.74 Å². The van der Waals surface area contributed by atoms with E-state index in [2.05, 4.69) is 33.0 Å². The first kappa shape index (κ1) is 16.7. The van der Waals surface area contributed by atoms with E-state index in [4.69, 9.17) is 4.74 Å². The van der Waals surface area contributed by atoms with Crippen molar-refractivity contribution in [1.29, 1.82) is 0 Å². The quantitative estimate of drug-likeness (QED) is 0.470. The van der Waals surface area contributed by atoms with E-state index < -0.39 is 0 Å². The summed E-state index contributed by atoms with van der Waals surface area (Å²) in [6, 6.07) is 5.66. The summed E-state index contributed by atoms with van der Waals surface area (Å²) in [6.07, 6.45) is 8.73. The SMILES string of the molecule is C=CCOc1ccc(Br)cc1C=NNC(=O)C1CCCCC1. The standard InChI is InChI=1S/C17H21BrN2O2/c1-2-10-22-16-9-8-15(18)11-14(16)12-19-20-17(21)13-6-4-3-5-7-13/h2,8-9,11-13H,1,3-7,10H2,(H,20,21). The number of ether oxygens (including phenoxy) is 1. The van der Waals surface area contributed by atoms with Crippen molar-refractivity contribution >= 4 is 28.1 Å². The Bertz CT molecular complexity index is 552. The maximum atomic E-state index is 12.0. The normalized spacial score (nSPS) is 15.7. The van der Waals surface area contributed by atoms with Crippen molar-refractivity contribution in [1.82, 2.24) is 5.43 Å². The number of rotatable bonds is 6. The van der Waals surface area contributed by atoms with Crippen molar-refractivity contribution in [3.8, 4) is 5.75 Å². The first-order chi connectivity index (χ1) is 10.7. The van der Waals surface area contributed by atoms with Gasteiger partial charge in [0.15, 0.2) is 0 Å². The number of nitrogens with one attached hydrogen (secondary N) is 1. The number of benzene rings is 1. The highest BCUT2D eigenvalue weighted by atomic mass is 79.9. The van der Waals surface area contributed by atoms with Crippen LogP contribution in [-0.4, -0.2) is 18.7 Å². The Morgan fingerprint density at radius 3 is 2.91 bits per heavy atom. The first-order valence-electron chi connectivity index (χ1n) is 7.57. The van der Waals surface area contributed by atoms with Gasteiger partial charge in [-0.15, -0.1) is 0 Å². The lowest BCUT2D eigenvalue weighted by Crippen LogP contribution is -2.28. The van der Waals surface area contributed by atoms with Gasteiger partial charge in [0.1, 0.15) is 12.4 Å². The maximum Gasteiger partial charge on any atom is 0.243 e. The third-order valence-electron chi connectivity index (χ3n) is 3.68. The Hall–Kier alpha value is -1.62. The van der Waals surface area contributed by atoms with Crippen LogP contribution in [0.3, 0.4) is 0 Å². The lowest BCUT2D eigenvalue weighted by molar-refractivity contribution is -0.125. The number of nitrogens with zero attached hydrogens (tertiary/aromatic N) is 1. The molecule has 4 nitrogen and oxygen atoms in total. The predicted molar refractivity (Wildman–Crippen MR) is 92.1 cm³/mol. The van der Waals surface area contributed by atoms with Gasteiger partial charge in [0, 0.05) is 16.0 Å². The Morgan fingerprint density at radius 1 is 1.41 bits per heavy atom. The average Bonchev–Trinajstić information content (AvgIpc) is 2.55. The van der Waals surface area contributed by atoms with E-state index in [1.807, 2.05) is 18.2 Å². The summed E-state index contributed by atoms with van der Waals surface area (Å²) in [5.41, 5.74) is 3.45. The molecule has 0 spiro atoms. The minimum atomic E-state index is 0.0134. The second-order valence-electron chi connectivity index (χ2n) is 5.35. The van der Waals surface area contributed by atoms with Gasteiger partial charge >= 0.3 is 0 Å². The molecule has 0 radical (unpaired) electrons. The summed E-state index contributed by atoms with van der Waals surface area (Å²) in [6.45, 7) is 4.06. The molecule has 5 heteroatoms. The molecular weight excluding hydrogens is 344 g/mol. The van der Waals surface area contributed by atoms with E-state index in [-0.39, 0.29) is 11.8 Å². The van der Waals surface area contributed by atoms with Crippen molar-refractivity contribution in [2.75, 3.05) is 6.61 Å². The Morgan fingerprint density at radius 2 is 2.18 bits per heavy atom. The van der Waals surface area contributed by atoms with Crippen LogP contribution in [0.25, 0.3) is 0 Å². The van der Waals surface area contributed by atoms with Crippen LogP contribution in [0.2, 0.25) is 0 Å². The Labute approximate surface area is 139 Å². The summed E-state index contributed by atoms with van der Waals surface area (Å²) in [5.74, 6) is 0.822. The van der Waals surface area contributed by atoms with Gasteiger partial charge in [0.05, 0.1) is 6.21 Å². The summed E-state index contributed by atoms with van der Waals surface area (Å²) < 4.78 is 6.50. The van der Waals surface area contributed by atoms with Crippen LogP contribution in [0, 0.1) is 5.92 Å². The van der Waals surface area contributed by atoms with E-state index in [0.717, 1.165) is 35.7 Å². The molecule has 1 aromatic rings. The number of carbonyl (C=O) groups is 1. The molecule has 0 aliphatic heterocycles. The fourth-order valence-electron chi connectivity index (χ4n) is 2.52. The third kappa shape index (κ3) is 4.98. The van der Waals surface area contributed by atoms with Crippen LogP contribution < -0.4 is 10.2 Å². The van der Waals surface area contributed by atoms with Gasteiger partial charge in [0.25, 0.3) is 0 Å². The predicted octanol–water partition coefficient (Wildman–Crippen LogP) is 4.04. The molecule has 1 fully saturated rings. The molecule has 1 aromatic carbocycles. The number of amides is 1. The van der Waals surface area contributed by atoms with Gasteiger partial charge in [0.2, 0.25) is 5.91 Å². The number of hydrazone groups is 1. The van der Waals surface area contributed by atoms with Crippen molar-refractivity contribution < 1.29 is 9.53 Å². The maximum absolute atomic E-state index is 12.0. The third-order valence-corrected chi connectivity index (χ3v) is 4.18. The second kappa shape index (κ2) is 8.73. The van der Waals surface area contributed by atoms with Crippen molar-refractivity contribution in [2.45, 2.75) is 32.1 Å². The monoisotopic (exact) mass is 364 g/mol. The van der Waals surface area contributed by atoms with E-state index in [0.29, 0.717) is 12.4 Å². The number of hydrogen-bond donors (Lipinski definition) is 1. The smallest absolute Gasteiger partial charge is 0.243 e. The van der Waals surface area contributed by atoms with E-state index in [9.17, 15) is 4.79 Å². The second-order valence-corrected chi connectivity index (χ2v) is 6.27. The fourth-order valence-corrected chi connectivity index (χ4v) is 2.90. The van der Waals surface area contributed by atoms with Gasteiger partial charge in [-0.25, -0.2) is 5.43 Å². The minimum Gasteiger partial charge on any atom is -0.489 e. The molecule has 2 rings (SSSR count). The molecule has 0 aromatic heterocycles.